The second-order valence-corrected chi connectivity index (χ2v) is 10.8. The highest BCUT2D eigenvalue weighted by Gasteiger charge is 2.37. The van der Waals surface area contributed by atoms with Crippen molar-refractivity contribution in [2.45, 2.75) is 37.6 Å². The first-order chi connectivity index (χ1) is 22.3. The van der Waals surface area contributed by atoms with Crippen molar-refractivity contribution < 1.29 is 47.2 Å². The van der Waals surface area contributed by atoms with Crippen LogP contribution in [0, 0.1) is 11.3 Å². The van der Waals surface area contributed by atoms with Crippen molar-refractivity contribution in [2.75, 3.05) is 39.9 Å². The fraction of sp³-hybridized carbons (Fsp3) is 0.433. The lowest BCUT2D eigenvalue weighted by molar-refractivity contribution is -0.139. The summed E-state index contributed by atoms with van der Waals surface area (Å²) >= 11 is 0. The number of hydrogen-bond donors (Lipinski definition) is 2. The Morgan fingerprint density at radius 1 is 1.11 bits per heavy atom. The zero-order chi connectivity index (χ0) is 34.3. The van der Waals surface area contributed by atoms with E-state index in [-0.39, 0.29) is 48.3 Å². The van der Waals surface area contributed by atoms with Crippen LogP contribution in [0.2, 0.25) is 0 Å². The lowest BCUT2D eigenvalue weighted by atomic mass is 10.1. The first kappa shape index (κ1) is 34.8. The van der Waals surface area contributed by atoms with Gasteiger partial charge in [0.15, 0.2) is 0 Å². The van der Waals surface area contributed by atoms with Gasteiger partial charge in [0.05, 0.1) is 24.4 Å². The number of carbonyl (C=O) groups excluding carboxylic acids is 1. The first-order valence-electron chi connectivity index (χ1n) is 14.5. The molecule has 0 aliphatic carbocycles. The van der Waals surface area contributed by atoms with E-state index in [1.807, 2.05) is 13.1 Å². The maximum absolute atomic E-state index is 14.0. The van der Waals surface area contributed by atoms with E-state index in [2.05, 4.69) is 19.9 Å². The van der Waals surface area contributed by atoms with Gasteiger partial charge in [-0.05, 0) is 45.0 Å². The Hall–Kier alpha value is -5.08. The number of nitrogens with zero attached hydrogens (tertiary/aromatic N) is 7. The van der Waals surface area contributed by atoms with E-state index in [9.17, 15) is 32.8 Å². The monoisotopic (exact) mass is 659 g/mol. The number of alkyl halides is 3. The van der Waals surface area contributed by atoms with E-state index < -0.39 is 29.6 Å². The van der Waals surface area contributed by atoms with Gasteiger partial charge in [-0.25, -0.2) is 24.5 Å². The minimum absolute atomic E-state index is 0.0544. The highest BCUT2D eigenvalue weighted by Crippen LogP contribution is 2.38. The van der Waals surface area contributed by atoms with Gasteiger partial charge in [-0.3, -0.25) is 9.69 Å². The van der Waals surface area contributed by atoms with E-state index in [4.69, 9.17) is 19.7 Å². The molecule has 14 nitrogen and oxygen atoms in total. The molecule has 1 amide bonds. The molecule has 2 atom stereocenters. The van der Waals surface area contributed by atoms with Crippen LogP contribution in [-0.4, -0.2) is 109 Å². The highest BCUT2D eigenvalue weighted by atomic mass is 19.4. The van der Waals surface area contributed by atoms with Crippen LogP contribution in [0.25, 0.3) is 22.3 Å². The fourth-order valence-electron chi connectivity index (χ4n) is 5.30. The number of ether oxygens (including phenoxy) is 2. The number of aliphatic carboxylic acids is 2. The number of amides is 1. The van der Waals surface area contributed by atoms with Gasteiger partial charge in [-0.2, -0.15) is 18.4 Å². The van der Waals surface area contributed by atoms with E-state index in [1.165, 1.54) is 6.20 Å². The number of rotatable bonds is 9. The Labute approximate surface area is 266 Å². The normalized spacial score (nSPS) is 18.3. The van der Waals surface area contributed by atoms with Crippen LogP contribution in [0.4, 0.5) is 13.2 Å². The number of likely N-dealkylation sites (tertiary alicyclic amines) is 2. The van der Waals surface area contributed by atoms with Gasteiger partial charge < -0.3 is 29.2 Å². The predicted molar refractivity (Wildman–Crippen MR) is 158 cm³/mol. The van der Waals surface area contributed by atoms with E-state index in [0.29, 0.717) is 42.7 Å². The van der Waals surface area contributed by atoms with Crippen LogP contribution in [0.1, 0.15) is 30.7 Å². The van der Waals surface area contributed by atoms with Crippen molar-refractivity contribution >= 4 is 28.9 Å². The molecule has 250 valence electrons. The summed E-state index contributed by atoms with van der Waals surface area (Å²) in [4.78, 5) is 47.9. The fourth-order valence-corrected chi connectivity index (χ4v) is 5.30. The zero-order valence-electron chi connectivity index (χ0n) is 25.5. The summed E-state index contributed by atoms with van der Waals surface area (Å²) in [7, 11) is 3.67. The molecule has 0 radical (unpaired) electrons. The molecule has 2 aliphatic heterocycles. The van der Waals surface area contributed by atoms with Crippen LogP contribution < -0.4 is 4.74 Å². The number of aromatic nitrogens is 4. The van der Waals surface area contributed by atoms with Crippen molar-refractivity contribution in [3.8, 4) is 23.2 Å². The summed E-state index contributed by atoms with van der Waals surface area (Å²) in [6.07, 6.45) is 1.63. The summed E-state index contributed by atoms with van der Waals surface area (Å²) in [6.45, 7) is 1.88. The van der Waals surface area contributed by atoms with Crippen molar-refractivity contribution in [1.29, 1.82) is 5.26 Å². The molecule has 2 N–H and O–H groups in total. The number of fused-ring (bicyclic) bond motifs is 1. The zero-order valence-corrected chi connectivity index (χ0v) is 25.5. The average Bonchev–Trinajstić information content (AvgIpc) is 3.78. The number of likely N-dealkylation sites (N-methyl/N-ethyl adjacent to an activating group) is 1. The molecule has 2 aliphatic rings. The molecule has 47 heavy (non-hydrogen) atoms. The molecule has 0 saturated carbocycles. The predicted octanol–water partition coefficient (Wildman–Crippen LogP) is 2.72. The number of carboxylic acid groups (broad SMARTS) is 2. The van der Waals surface area contributed by atoms with Gasteiger partial charge in [0.2, 0.25) is 17.6 Å². The third-order valence-electron chi connectivity index (χ3n) is 7.56. The molecule has 0 bridgehead atoms. The number of nitriles is 1. The summed E-state index contributed by atoms with van der Waals surface area (Å²) in [5, 5.41) is 25.4. The molecule has 0 aromatic carbocycles. The number of carbonyl (C=O) groups is 3. The Kier molecular flexibility index (Phi) is 11.1. The molecule has 0 unspecified atom stereocenters. The third-order valence-corrected chi connectivity index (χ3v) is 7.56. The Morgan fingerprint density at radius 2 is 1.83 bits per heavy atom. The lowest BCUT2D eigenvalue weighted by Gasteiger charge is -2.25. The molecule has 2 fully saturated rings. The number of halogens is 3. The topological polar surface area (TPSA) is 184 Å². The van der Waals surface area contributed by atoms with E-state index in [1.54, 1.807) is 28.8 Å². The first-order valence-corrected chi connectivity index (χ1v) is 14.5. The van der Waals surface area contributed by atoms with Gasteiger partial charge in [-0.1, -0.05) is 0 Å². The molecule has 3 aromatic rings. The maximum atomic E-state index is 14.0. The molecule has 17 heteroatoms. The quantitative estimate of drug-likeness (QED) is 0.253. The number of aryl methyl sites for hydroxylation is 1. The SMILES string of the molecule is CN1CCC[C@@H]1C(=O)N1CC[C@H](OCCOc2ncc(-c3nc(C#N)nc4c3ccn4C)cc2C(F)(F)F)C1.O=C(O)/C=C/C(=O)O. The number of carboxylic acids is 2. The summed E-state index contributed by atoms with van der Waals surface area (Å²) in [6, 6.07) is 4.34. The molecule has 5 heterocycles. The maximum Gasteiger partial charge on any atom is 0.421 e. The van der Waals surface area contributed by atoms with E-state index in [0.717, 1.165) is 25.5 Å². The molecular weight excluding hydrogens is 627 g/mol. The van der Waals surface area contributed by atoms with Crippen LogP contribution in [0.15, 0.2) is 36.7 Å². The summed E-state index contributed by atoms with van der Waals surface area (Å²) < 4.78 is 54.7. The molecule has 3 aromatic heterocycles. The lowest BCUT2D eigenvalue weighted by Crippen LogP contribution is -2.43. The van der Waals surface area contributed by atoms with Crippen molar-refractivity contribution in [2.24, 2.45) is 7.05 Å². The molecular formula is C30H32F3N7O7. The summed E-state index contributed by atoms with van der Waals surface area (Å²) in [5.41, 5.74) is -0.372. The van der Waals surface area contributed by atoms with Crippen molar-refractivity contribution in [1.82, 2.24) is 29.3 Å². The highest BCUT2D eigenvalue weighted by molar-refractivity contribution is 5.91. The Balaban J connectivity index is 0.000000555. The number of pyridine rings is 1. The van der Waals surface area contributed by atoms with Gasteiger partial charge in [0.25, 0.3) is 0 Å². The molecule has 5 rings (SSSR count). The minimum atomic E-state index is -4.74. The second kappa shape index (κ2) is 15.0. The van der Waals surface area contributed by atoms with Crippen LogP contribution in [0.5, 0.6) is 5.88 Å². The van der Waals surface area contributed by atoms with Gasteiger partial charge in [0, 0.05) is 55.6 Å². The standard InChI is InChI=1S/C26H28F3N7O3.C4H4O4/c1-34-7-3-4-20(34)25(37)36-9-5-17(15-36)38-10-11-39-24-19(26(27,28)29)12-16(14-31-24)22-18-6-8-35(2)23(18)33-21(13-30)32-22;5-3(6)1-2-4(7)8/h6,8,12,14,17,20H,3-5,7,9-11,15H2,1-2H3;1-2H,(H,5,6)(H,7,8)/b;2-1+/t17-,20+;/m0./s1. The third kappa shape index (κ3) is 8.80. The van der Waals surface area contributed by atoms with E-state index >= 15 is 0 Å². The van der Waals surface area contributed by atoms with Crippen LogP contribution >= 0.6 is 0 Å². The number of hydrogen-bond acceptors (Lipinski definition) is 10. The Morgan fingerprint density at radius 3 is 2.45 bits per heavy atom. The Bertz CT molecular complexity index is 1690. The largest absolute Gasteiger partial charge is 0.478 e. The second-order valence-electron chi connectivity index (χ2n) is 10.8. The smallest absolute Gasteiger partial charge is 0.421 e. The van der Waals surface area contributed by atoms with Gasteiger partial charge in [0.1, 0.15) is 23.9 Å². The van der Waals surface area contributed by atoms with Gasteiger partial charge >= 0.3 is 18.1 Å². The minimum Gasteiger partial charge on any atom is -0.478 e. The molecule has 2 saturated heterocycles. The van der Waals surface area contributed by atoms with Crippen molar-refractivity contribution in [3.05, 3.63) is 48.1 Å². The van der Waals surface area contributed by atoms with Crippen molar-refractivity contribution in [3.63, 3.8) is 0 Å². The van der Waals surface area contributed by atoms with Crippen LogP contribution in [-0.2, 0) is 32.3 Å². The van der Waals surface area contributed by atoms with Crippen LogP contribution in [0.3, 0.4) is 0 Å². The molecule has 0 spiro atoms. The van der Waals surface area contributed by atoms with Gasteiger partial charge in [-0.15, -0.1) is 0 Å². The average molecular weight is 660 g/mol. The summed E-state index contributed by atoms with van der Waals surface area (Å²) in [5.74, 6) is -3.14.